The molecule has 1 unspecified atom stereocenters. The lowest BCUT2D eigenvalue weighted by Crippen LogP contribution is -2.21. The fourth-order valence-electron chi connectivity index (χ4n) is 1.88. The molecule has 96 valence electrons. The van der Waals surface area contributed by atoms with Crippen LogP contribution in [0, 0.1) is 0 Å². The Morgan fingerprint density at radius 1 is 1.50 bits per heavy atom. The van der Waals surface area contributed by atoms with E-state index in [2.05, 4.69) is 26.2 Å². The molecule has 0 aliphatic heterocycles. The van der Waals surface area contributed by atoms with E-state index in [9.17, 15) is 0 Å². The number of benzene rings is 1. The van der Waals surface area contributed by atoms with Crippen molar-refractivity contribution in [3.63, 3.8) is 0 Å². The van der Waals surface area contributed by atoms with Gasteiger partial charge < -0.3 is 15.8 Å². The van der Waals surface area contributed by atoms with Crippen molar-refractivity contribution in [3.05, 3.63) is 28.9 Å². The van der Waals surface area contributed by atoms with Crippen molar-refractivity contribution in [3.8, 4) is 0 Å². The molecule has 4 nitrogen and oxygen atoms in total. The Morgan fingerprint density at radius 3 is 3.00 bits per heavy atom. The van der Waals surface area contributed by atoms with Crippen LogP contribution in [0.3, 0.4) is 0 Å². The van der Waals surface area contributed by atoms with E-state index in [1.807, 2.05) is 25.1 Å². The Morgan fingerprint density at radius 2 is 2.28 bits per heavy atom. The van der Waals surface area contributed by atoms with Gasteiger partial charge in [0.05, 0.1) is 29.7 Å². The largest absolute Gasteiger partial charge is 0.396 e. The Kier molecular flexibility index (Phi) is 4.04. The van der Waals surface area contributed by atoms with E-state index in [0.29, 0.717) is 12.3 Å². The molecule has 1 aromatic carbocycles. The molecule has 0 bridgehead atoms. The number of halogens is 1. The summed E-state index contributed by atoms with van der Waals surface area (Å²) in [5.41, 5.74) is 8.47. The van der Waals surface area contributed by atoms with Crippen LogP contribution in [0.15, 0.2) is 28.9 Å². The molecule has 1 aromatic heterocycles. The van der Waals surface area contributed by atoms with Crippen molar-refractivity contribution in [1.82, 2.24) is 4.98 Å². The molecule has 0 amide bonds. The molecule has 0 aliphatic carbocycles. The molecule has 1 heterocycles. The number of pyridine rings is 1. The van der Waals surface area contributed by atoms with Crippen LogP contribution < -0.4 is 11.1 Å². The number of fused-ring (bicyclic) bond motifs is 1. The Labute approximate surface area is 115 Å². The second-order valence-electron chi connectivity index (χ2n) is 4.25. The lowest BCUT2D eigenvalue weighted by Gasteiger charge is -2.17. The minimum Gasteiger partial charge on any atom is -0.396 e. The highest BCUT2D eigenvalue weighted by Crippen LogP contribution is 2.30. The van der Waals surface area contributed by atoms with Gasteiger partial charge in [-0.3, -0.25) is 4.98 Å². The zero-order valence-electron chi connectivity index (χ0n) is 10.4. The molecular weight excluding hydrogens is 294 g/mol. The molecule has 0 radical (unpaired) electrons. The average Bonchev–Trinajstić information content (AvgIpc) is 2.33. The number of ether oxygens (including phenoxy) is 1. The summed E-state index contributed by atoms with van der Waals surface area (Å²) < 4.78 is 6.13. The van der Waals surface area contributed by atoms with Crippen molar-refractivity contribution >= 4 is 38.2 Å². The van der Waals surface area contributed by atoms with E-state index in [1.54, 1.807) is 13.3 Å². The number of anilines is 2. The topological polar surface area (TPSA) is 60.2 Å². The molecule has 2 aromatic rings. The number of nitrogen functional groups attached to an aromatic ring is 1. The Bertz CT molecular complexity index is 554. The average molecular weight is 310 g/mol. The number of aromatic nitrogens is 1. The Hall–Kier alpha value is -1.33. The second-order valence-corrected chi connectivity index (χ2v) is 5.17. The number of nitrogens with one attached hydrogen (secondary N) is 1. The SMILES string of the molecule is COCC(C)Nc1c(N)cnc2ccc(Br)cc12. The highest BCUT2D eigenvalue weighted by Gasteiger charge is 2.10. The van der Waals surface area contributed by atoms with E-state index >= 15 is 0 Å². The van der Waals surface area contributed by atoms with Gasteiger partial charge in [0, 0.05) is 23.0 Å². The second kappa shape index (κ2) is 5.54. The molecule has 0 saturated carbocycles. The summed E-state index contributed by atoms with van der Waals surface area (Å²) in [7, 11) is 1.68. The first kappa shape index (κ1) is 13.1. The zero-order valence-corrected chi connectivity index (χ0v) is 12.0. The number of hydrogen-bond acceptors (Lipinski definition) is 4. The van der Waals surface area contributed by atoms with Crippen LogP contribution in [0.25, 0.3) is 10.9 Å². The van der Waals surface area contributed by atoms with E-state index in [0.717, 1.165) is 21.1 Å². The summed E-state index contributed by atoms with van der Waals surface area (Å²) in [5.74, 6) is 0. The van der Waals surface area contributed by atoms with Crippen LogP contribution in [0.4, 0.5) is 11.4 Å². The van der Waals surface area contributed by atoms with Crippen LogP contribution >= 0.6 is 15.9 Å². The van der Waals surface area contributed by atoms with Gasteiger partial charge in [0.2, 0.25) is 0 Å². The lowest BCUT2D eigenvalue weighted by molar-refractivity contribution is 0.190. The van der Waals surface area contributed by atoms with E-state index in [4.69, 9.17) is 10.5 Å². The number of nitrogens with zero attached hydrogens (tertiary/aromatic N) is 1. The first-order valence-corrected chi connectivity index (χ1v) is 6.50. The highest BCUT2D eigenvalue weighted by atomic mass is 79.9. The fourth-order valence-corrected chi connectivity index (χ4v) is 2.24. The normalized spacial score (nSPS) is 12.6. The van der Waals surface area contributed by atoms with Gasteiger partial charge in [-0.25, -0.2) is 0 Å². The first-order chi connectivity index (χ1) is 8.61. The van der Waals surface area contributed by atoms with Crippen molar-refractivity contribution in [2.24, 2.45) is 0 Å². The summed E-state index contributed by atoms with van der Waals surface area (Å²) in [4.78, 5) is 4.32. The highest BCUT2D eigenvalue weighted by molar-refractivity contribution is 9.10. The van der Waals surface area contributed by atoms with Gasteiger partial charge in [0.25, 0.3) is 0 Å². The maximum atomic E-state index is 6.00. The molecular formula is C13H16BrN3O. The van der Waals surface area contributed by atoms with Crippen LogP contribution in [0.5, 0.6) is 0 Å². The molecule has 3 N–H and O–H groups in total. The van der Waals surface area contributed by atoms with Crippen molar-refractivity contribution in [1.29, 1.82) is 0 Å². The quantitative estimate of drug-likeness (QED) is 0.911. The van der Waals surface area contributed by atoms with E-state index in [1.165, 1.54) is 0 Å². The first-order valence-electron chi connectivity index (χ1n) is 5.71. The zero-order chi connectivity index (χ0) is 13.1. The van der Waals surface area contributed by atoms with E-state index < -0.39 is 0 Å². The summed E-state index contributed by atoms with van der Waals surface area (Å²) in [5, 5.41) is 4.38. The van der Waals surface area contributed by atoms with Crippen LogP contribution in [-0.4, -0.2) is 24.7 Å². The van der Waals surface area contributed by atoms with Gasteiger partial charge in [-0.2, -0.15) is 0 Å². The third-order valence-electron chi connectivity index (χ3n) is 2.67. The molecule has 18 heavy (non-hydrogen) atoms. The predicted octanol–water partition coefficient (Wildman–Crippen LogP) is 3.03. The monoisotopic (exact) mass is 309 g/mol. The standard InChI is InChI=1S/C13H16BrN3O/c1-8(7-18-2)17-13-10-5-9(14)3-4-12(10)16-6-11(13)15/h3-6,8H,7,15H2,1-2H3,(H,16,17). The molecule has 0 saturated heterocycles. The van der Waals surface area contributed by atoms with Gasteiger partial charge in [-0.15, -0.1) is 0 Å². The van der Waals surface area contributed by atoms with Gasteiger partial charge in [0.1, 0.15) is 0 Å². The maximum absolute atomic E-state index is 6.00. The molecule has 2 rings (SSSR count). The lowest BCUT2D eigenvalue weighted by atomic mass is 10.1. The number of rotatable bonds is 4. The summed E-state index contributed by atoms with van der Waals surface area (Å²) in [6, 6.07) is 6.13. The fraction of sp³-hybridized carbons (Fsp3) is 0.308. The number of hydrogen-bond donors (Lipinski definition) is 2. The summed E-state index contributed by atoms with van der Waals surface area (Å²) >= 11 is 3.47. The van der Waals surface area contributed by atoms with Crippen LogP contribution in [0.2, 0.25) is 0 Å². The number of nitrogens with two attached hydrogens (primary N) is 1. The minimum atomic E-state index is 0.182. The third kappa shape index (κ3) is 2.73. The van der Waals surface area contributed by atoms with Gasteiger partial charge in [-0.05, 0) is 25.1 Å². The molecule has 5 heteroatoms. The summed E-state index contributed by atoms with van der Waals surface area (Å²) in [6.45, 7) is 2.67. The Balaban J connectivity index is 2.46. The van der Waals surface area contributed by atoms with Crippen LogP contribution in [0.1, 0.15) is 6.92 Å². The predicted molar refractivity (Wildman–Crippen MR) is 78.8 cm³/mol. The van der Waals surface area contributed by atoms with Crippen molar-refractivity contribution in [2.45, 2.75) is 13.0 Å². The molecule has 0 fully saturated rings. The summed E-state index contributed by atoms with van der Waals surface area (Å²) in [6.07, 6.45) is 1.68. The van der Waals surface area contributed by atoms with Gasteiger partial charge in [-0.1, -0.05) is 15.9 Å². The maximum Gasteiger partial charge on any atom is 0.0743 e. The van der Waals surface area contributed by atoms with Crippen molar-refractivity contribution in [2.75, 3.05) is 24.8 Å². The molecule has 1 atom stereocenters. The third-order valence-corrected chi connectivity index (χ3v) is 3.16. The smallest absolute Gasteiger partial charge is 0.0743 e. The molecule has 0 spiro atoms. The minimum absolute atomic E-state index is 0.182. The molecule has 0 aliphatic rings. The van der Waals surface area contributed by atoms with Crippen molar-refractivity contribution < 1.29 is 4.74 Å². The van der Waals surface area contributed by atoms with Gasteiger partial charge >= 0.3 is 0 Å². The van der Waals surface area contributed by atoms with E-state index in [-0.39, 0.29) is 6.04 Å². The van der Waals surface area contributed by atoms with Gasteiger partial charge in [0.15, 0.2) is 0 Å². The van der Waals surface area contributed by atoms with Crippen LogP contribution in [-0.2, 0) is 4.74 Å². The number of methoxy groups -OCH3 is 1.